The van der Waals surface area contributed by atoms with Crippen LogP contribution in [0.5, 0.6) is 0 Å². The van der Waals surface area contributed by atoms with Gasteiger partial charge < -0.3 is 19.4 Å². The molecular formula is C16H21ClN2O2. The van der Waals surface area contributed by atoms with Crippen LogP contribution in [0.1, 0.15) is 11.1 Å². The molecule has 0 atom stereocenters. The molecule has 1 aromatic carbocycles. The molecule has 2 rings (SSSR count). The molecule has 1 aromatic heterocycles. The van der Waals surface area contributed by atoms with Gasteiger partial charge in [-0.2, -0.15) is 0 Å². The zero-order valence-corrected chi connectivity index (χ0v) is 13.2. The van der Waals surface area contributed by atoms with Crippen LogP contribution in [0, 0.1) is 0 Å². The third kappa shape index (κ3) is 4.49. The average molecular weight is 309 g/mol. The maximum absolute atomic E-state index is 6.39. The van der Waals surface area contributed by atoms with Gasteiger partial charge in [0.05, 0.1) is 29.8 Å². The Hall–Kier alpha value is -1.49. The zero-order chi connectivity index (χ0) is 15.1. The van der Waals surface area contributed by atoms with Crippen molar-refractivity contribution in [1.82, 2.24) is 5.32 Å². The minimum absolute atomic E-state index is 0.695. The summed E-state index contributed by atoms with van der Waals surface area (Å²) < 4.78 is 10.2. The lowest BCUT2D eigenvalue weighted by Crippen LogP contribution is -2.22. The van der Waals surface area contributed by atoms with E-state index in [0.717, 1.165) is 35.9 Å². The van der Waals surface area contributed by atoms with Crippen molar-refractivity contribution in [2.45, 2.75) is 13.1 Å². The fourth-order valence-corrected chi connectivity index (χ4v) is 2.60. The Kier molecular flexibility index (Phi) is 6.11. The summed E-state index contributed by atoms with van der Waals surface area (Å²) in [7, 11) is 3.73. The number of hydrogen-bond donors (Lipinski definition) is 1. The van der Waals surface area contributed by atoms with Gasteiger partial charge in [0.15, 0.2) is 0 Å². The van der Waals surface area contributed by atoms with Gasteiger partial charge in [-0.05, 0) is 17.7 Å². The van der Waals surface area contributed by atoms with Gasteiger partial charge in [-0.3, -0.25) is 0 Å². The maximum Gasteiger partial charge on any atom is 0.0952 e. The number of halogens is 1. The lowest BCUT2D eigenvalue weighted by Gasteiger charge is -2.23. The second-order valence-corrected chi connectivity index (χ2v) is 5.31. The smallest absolute Gasteiger partial charge is 0.0952 e. The molecule has 0 amide bonds. The van der Waals surface area contributed by atoms with Crippen LogP contribution in [0.4, 0.5) is 5.69 Å². The van der Waals surface area contributed by atoms with Crippen molar-refractivity contribution in [3.05, 3.63) is 52.9 Å². The monoisotopic (exact) mass is 308 g/mol. The van der Waals surface area contributed by atoms with E-state index >= 15 is 0 Å². The summed E-state index contributed by atoms with van der Waals surface area (Å²) in [4.78, 5) is 2.14. The highest BCUT2D eigenvalue weighted by Crippen LogP contribution is 2.30. The summed E-state index contributed by atoms with van der Waals surface area (Å²) >= 11 is 6.39. The summed E-state index contributed by atoms with van der Waals surface area (Å²) in [6.45, 7) is 3.02. The number of anilines is 1. The highest BCUT2D eigenvalue weighted by Gasteiger charge is 2.12. The predicted molar refractivity (Wildman–Crippen MR) is 85.8 cm³/mol. The minimum atomic E-state index is 0.695. The van der Waals surface area contributed by atoms with Crippen LogP contribution in [0.15, 0.2) is 41.2 Å². The molecule has 21 heavy (non-hydrogen) atoms. The highest BCUT2D eigenvalue weighted by molar-refractivity contribution is 6.33. The number of nitrogens with zero attached hydrogens (tertiary/aromatic N) is 1. The number of ether oxygens (including phenoxy) is 1. The first-order valence-electron chi connectivity index (χ1n) is 6.91. The number of rotatable bonds is 8. The van der Waals surface area contributed by atoms with Gasteiger partial charge in [-0.1, -0.05) is 23.7 Å². The summed E-state index contributed by atoms with van der Waals surface area (Å²) in [5, 5.41) is 4.11. The van der Waals surface area contributed by atoms with Crippen LogP contribution in [0.2, 0.25) is 5.02 Å². The average Bonchev–Trinajstić information content (AvgIpc) is 2.96. The molecule has 1 N–H and O–H groups in total. The summed E-state index contributed by atoms with van der Waals surface area (Å²) in [6.07, 6.45) is 3.44. The third-order valence-electron chi connectivity index (χ3n) is 3.25. The Labute approximate surface area is 130 Å². The first-order valence-corrected chi connectivity index (χ1v) is 7.29. The molecule has 4 nitrogen and oxygen atoms in total. The van der Waals surface area contributed by atoms with Crippen molar-refractivity contribution >= 4 is 17.3 Å². The predicted octanol–water partition coefficient (Wildman–Crippen LogP) is 3.31. The van der Waals surface area contributed by atoms with Gasteiger partial charge in [-0.25, -0.2) is 0 Å². The number of benzene rings is 1. The molecule has 0 bridgehead atoms. The topological polar surface area (TPSA) is 37.6 Å². The van der Waals surface area contributed by atoms with E-state index in [2.05, 4.69) is 16.3 Å². The highest BCUT2D eigenvalue weighted by atomic mass is 35.5. The third-order valence-corrected chi connectivity index (χ3v) is 3.56. The van der Waals surface area contributed by atoms with Crippen LogP contribution in [-0.4, -0.2) is 27.3 Å². The molecule has 0 aliphatic carbocycles. The molecule has 0 fully saturated rings. The largest absolute Gasteiger partial charge is 0.472 e. The molecule has 0 saturated carbocycles. The first-order chi connectivity index (χ1) is 10.2. The number of methoxy groups -OCH3 is 1. The van der Waals surface area contributed by atoms with Crippen molar-refractivity contribution in [3.8, 4) is 0 Å². The molecule has 0 saturated heterocycles. The van der Waals surface area contributed by atoms with Crippen LogP contribution in [0.3, 0.4) is 0 Å². The van der Waals surface area contributed by atoms with Gasteiger partial charge in [0, 0.05) is 39.4 Å². The Morgan fingerprint density at radius 2 is 2.19 bits per heavy atom. The Morgan fingerprint density at radius 3 is 2.90 bits per heavy atom. The summed E-state index contributed by atoms with van der Waals surface area (Å²) in [6, 6.07) is 7.95. The second-order valence-electron chi connectivity index (χ2n) is 4.90. The SMILES string of the molecule is COCCNCc1cccc(Cl)c1N(C)Cc1ccoc1. The van der Waals surface area contributed by atoms with Crippen molar-refractivity contribution in [1.29, 1.82) is 0 Å². The molecule has 5 heteroatoms. The Bertz CT molecular complexity index is 543. The van der Waals surface area contributed by atoms with Gasteiger partial charge in [-0.15, -0.1) is 0 Å². The van der Waals surface area contributed by atoms with Crippen molar-refractivity contribution in [2.24, 2.45) is 0 Å². The molecule has 114 valence electrons. The van der Waals surface area contributed by atoms with Crippen LogP contribution in [-0.2, 0) is 17.8 Å². The maximum atomic E-state index is 6.39. The fourth-order valence-electron chi connectivity index (χ4n) is 2.26. The number of para-hydroxylation sites is 1. The van der Waals surface area contributed by atoms with E-state index in [4.69, 9.17) is 20.8 Å². The lowest BCUT2D eigenvalue weighted by molar-refractivity contribution is 0.199. The summed E-state index contributed by atoms with van der Waals surface area (Å²) in [5.74, 6) is 0. The van der Waals surface area contributed by atoms with E-state index in [-0.39, 0.29) is 0 Å². The molecule has 1 heterocycles. The van der Waals surface area contributed by atoms with Crippen LogP contribution in [0.25, 0.3) is 0 Å². The van der Waals surface area contributed by atoms with Crippen molar-refractivity contribution in [3.63, 3.8) is 0 Å². The first kappa shape index (κ1) is 15.9. The molecule has 0 aliphatic heterocycles. The Balaban J connectivity index is 2.09. The fraction of sp³-hybridized carbons (Fsp3) is 0.375. The van der Waals surface area contributed by atoms with Crippen LogP contribution < -0.4 is 10.2 Å². The molecular weight excluding hydrogens is 288 g/mol. The number of nitrogens with one attached hydrogen (secondary N) is 1. The van der Waals surface area contributed by atoms with E-state index in [1.54, 1.807) is 19.6 Å². The van der Waals surface area contributed by atoms with Crippen molar-refractivity contribution in [2.75, 3.05) is 32.2 Å². The quantitative estimate of drug-likeness (QED) is 0.759. The zero-order valence-electron chi connectivity index (χ0n) is 12.4. The molecule has 0 spiro atoms. The van der Waals surface area contributed by atoms with E-state index in [9.17, 15) is 0 Å². The van der Waals surface area contributed by atoms with E-state index in [1.165, 1.54) is 5.56 Å². The standard InChI is InChI=1S/C16H21ClN2O2/c1-19(11-13-6-8-21-12-13)16-14(4-3-5-15(16)17)10-18-7-9-20-2/h3-6,8,12,18H,7,9-11H2,1-2H3. The van der Waals surface area contributed by atoms with Crippen LogP contribution >= 0.6 is 11.6 Å². The molecule has 2 aromatic rings. The van der Waals surface area contributed by atoms with Gasteiger partial charge in [0.2, 0.25) is 0 Å². The van der Waals surface area contributed by atoms with E-state index in [0.29, 0.717) is 6.61 Å². The van der Waals surface area contributed by atoms with Gasteiger partial charge in [0.1, 0.15) is 0 Å². The number of furan rings is 1. The van der Waals surface area contributed by atoms with E-state index in [1.807, 2.05) is 25.2 Å². The minimum Gasteiger partial charge on any atom is -0.472 e. The summed E-state index contributed by atoms with van der Waals surface area (Å²) in [5.41, 5.74) is 3.34. The molecule has 0 unspecified atom stereocenters. The van der Waals surface area contributed by atoms with Crippen molar-refractivity contribution < 1.29 is 9.15 Å². The van der Waals surface area contributed by atoms with Gasteiger partial charge >= 0.3 is 0 Å². The molecule has 0 aliphatic rings. The molecule has 0 radical (unpaired) electrons. The lowest BCUT2D eigenvalue weighted by atomic mass is 10.1. The normalized spacial score (nSPS) is 10.8. The Morgan fingerprint density at radius 1 is 1.33 bits per heavy atom. The number of hydrogen-bond acceptors (Lipinski definition) is 4. The van der Waals surface area contributed by atoms with E-state index < -0.39 is 0 Å². The second kappa shape index (κ2) is 8.08. The van der Waals surface area contributed by atoms with Gasteiger partial charge in [0.25, 0.3) is 0 Å².